The van der Waals surface area contributed by atoms with Crippen LogP contribution in [0.3, 0.4) is 0 Å². The highest BCUT2D eigenvalue weighted by molar-refractivity contribution is 5.73. The Morgan fingerprint density at radius 3 is 3.12 bits per heavy atom. The summed E-state index contributed by atoms with van der Waals surface area (Å²) in [6, 6.07) is 0. The number of nitrogens with zero attached hydrogens (tertiary/aromatic N) is 2. The molecule has 1 rings (SSSR count). The van der Waals surface area contributed by atoms with Gasteiger partial charge in [-0.25, -0.2) is 4.99 Å². The first-order valence-electron chi connectivity index (χ1n) is 2.34. The van der Waals surface area contributed by atoms with Gasteiger partial charge in [0.2, 0.25) is 0 Å². The minimum atomic E-state index is 0.616. The Hall–Kier alpha value is -1.12. The van der Waals surface area contributed by atoms with Gasteiger partial charge in [0, 0.05) is 6.21 Å². The average molecular weight is 109 g/mol. The van der Waals surface area contributed by atoms with Crippen LogP contribution in [0.4, 0.5) is 0 Å². The molecule has 0 bridgehead atoms. The fraction of sp³-hybridized carbons (Fsp3) is 0.200. The zero-order valence-electron chi connectivity index (χ0n) is 4.46. The Kier molecular flexibility index (Phi) is 1.42. The lowest BCUT2D eigenvalue weighted by molar-refractivity contribution is 0.812. The zero-order chi connectivity index (χ0) is 5.82. The van der Waals surface area contributed by atoms with Gasteiger partial charge in [-0.05, 0) is 12.8 Å². The molecule has 3 heteroatoms. The molecular formula is C5H7N3. The monoisotopic (exact) mass is 109 g/mol. The second-order valence-corrected chi connectivity index (χ2v) is 1.38. The van der Waals surface area contributed by atoms with Crippen LogP contribution in [-0.2, 0) is 0 Å². The van der Waals surface area contributed by atoms with Gasteiger partial charge in [0.1, 0.15) is 12.5 Å². The number of allylic oxidation sites excluding steroid dienone is 1. The van der Waals surface area contributed by atoms with Gasteiger partial charge in [-0.15, -0.1) is 0 Å². The molecule has 0 aromatic heterocycles. The molecule has 3 nitrogen and oxygen atoms in total. The maximum atomic E-state index is 3.88. The largest absolute Gasteiger partial charge is 0.351 e. The van der Waals surface area contributed by atoms with Crippen LogP contribution in [0.2, 0.25) is 0 Å². The van der Waals surface area contributed by atoms with Crippen molar-refractivity contribution in [3.8, 4) is 0 Å². The Balaban J connectivity index is 2.63. The Labute approximate surface area is 47.8 Å². The summed E-state index contributed by atoms with van der Waals surface area (Å²) in [4.78, 5) is 7.53. The molecule has 1 N–H and O–H groups in total. The molecule has 1 heterocycles. The van der Waals surface area contributed by atoms with Gasteiger partial charge in [-0.1, -0.05) is 0 Å². The van der Waals surface area contributed by atoms with E-state index in [9.17, 15) is 0 Å². The number of hydrogen-bond donors (Lipinski definition) is 1. The lowest BCUT2D eigenvalue weighted by Crippen LogP contribution is -2.14. The fourth-order valence-electron chi connectivity index (χ4n) is 0.470. The predicted molar refractivity (Wildman–Crippen MR) is 34.1 cm³/mol. The molecule has 0 unspecified atom stereocenters. The number of hydrogen-bond acceptors (Lipinski definition) is 3. The molecule has 8 heavy (non-hydrogen) atoms. The molecule has 0 saturated carbocycles. The third-order valence-electron chi connectivity index (χ3n) is 0.860. The van der Waals surface area contributed by atoms with Crippen molar-refractivity contribution in [1.29, 1.82) is 0 Å². The highest BCUT2D eigenvalue weighted by atomic mass is 15.1. The van der Waals surface area contributed by atoms with Crippen molar-refractivity contribution in [3.63, 3.8) is 0 Å². The predicted octanol–water partition coefficient (Wildman–Crippen LogP) is 0.160. The van der Waals surface area contributed by atoms with Crippen molar-refractivity contribution in [2.24, 2.45) is 9.98 Å². The van der Waals surface area contributed by atoms with Gasteiger partial charge >= 0.3 is 0 Å². The Morgan fingerprint density at radius 1 is 1.88 bits per heavy atom. The van der Waals surface area contributed by atoms with Crippen molar-refractivity contribution in [3.05, 3.63) is 11.9 Å². The first-order chi connectivity index (χ1) is 3.93. The second kappa shape index (κ2) is 2.26. The molecule has 0 aromatic rings. The van der Waals surface area contributed by atoms with Gasteiger partial charge in [-0.2, -0.15) is 0 Å². The Bertz CT molecular complexity index is 146. The second-order valence-electron chi connectivity index (χ2n) is 1.38. The van der Waals surface area contributed by atoms with Gasteiger partial charge in [0.15, 0.2) is 0 Å². The van der Waals surface area contributed by atoms with Crippen LogP contribution in [0, 0.1) is 0 Å². The first-order valence-corrected chi connectivity index (χ1v) is 2.34. The van der Waals surface area contributed by atoms with Crippen LogP contribution >= 0.6 is 0 Å². The van der Waals surface area contributed by atoms with Crippen molar-refractivity contribution in [2.75, 3.05) is 6.67 Å². The lowest BCUT2D eigenvalue weighted by atomic mass is 10.5. The van der Waals surface area contributed by atoms with Gasteiger partial charge in [0.25, 0.3) is 0 Å². The van der Waals surface area contributed by atoms with Crippen LogP contribution in [0.25, 0.3) is 0 Å². The maximum Gasteiger partial charge on any atom is 0.128 e. The standard InChI is InChI=1S/C5H7N3/c1-6-5-2-3-7-4-8-5/h2-3,8H,1,4H2. The first kappa shape index (κ1) is 5.03. The van der Waals surface area contributed by atoms with Crippen LogP contribution < -0.4 is 5.32 Å². The number of rotatable bonds is 1. The topological polar surface area (TPSA) is 36.8 Å². The molecular weight excluding hydrogens is 102 g/mol. The molecule has 0 saturated heterocycles. The molecule has 42 valence electrons. The van der Waals surface area contributed by atoms with Gasteiger partial charge < -0.3 is 5.32 Å². The van der Waals surface area contributed by atoms with Crippen molar-refractivity contribution >= 4 is 12.9 Å². The summed E-state index contributed by atoms with van der Waals surface area (Å²) in [5, 5.41) is 2.90. The van der Waals surface area contributed by atoms with Crippen molar-refractivity contribution < 1.29 is 0 Å². The van der Waals surface area contributed by atoms with Crippen LogP contribution in [0.1, 0.15) is 0 Å². The molecule has 1 aliphatic rings. The lowest BCUT2D eigenvalue weighted by Gasteiger charge is -2.03. The fourth-order valence-corrected chi connectivity index (χ4v) is 0.470. The summed E-state index contributed by atoms with van der Waals surface area (Å²) in [7, 11) is 0. The van der Waals surface area contributed by atoms with Crippen molar-refractivity contribution in [1.82, 2.24) is 5.32 Å². The van der Waals surface area contributed by atoms with E-state index < -0.39 is 0 Å². The van der Waals surface area contributed by atoms with E-state index in [-0.39, 0.29) is 0 Å². The SMILES string of the molecule is C=NC1=CC=NCN1. The minimum absolute atomic E-state index is 0.616. The molecule has 0 fully saturated rings. The molecule has 0 radical (unpaired) electrons. The van der Waals surface area contributed by atoms with Gasteiger partial charge in [0.05, 0.1) is 0 Å². The van der Waals surface area contributed by atoms with E-state index in [1.807, 2.05) is 0 Å². The summed E-state index contributed by atoms with van der Waals surface area (Å²) < 4.78 is 0. The summed E-state index contributed by atoms with van der Waals surface area (Å²) >= 11 is 0. The van der Waals surface area contributed by atoms with E-state index in [2.05, 4.69) is 22.0 Å². The van der Waals surface area contributed by atoms with Crippen LogP contribution in [0.15, 0.2) is 21.9 Å². The van der Waals surface area contributed by atoms with E-state index >= 15 is 0 Å². The molecule has 0 atom stereocenters. The highest BCUT2D eigenvalue weighted by Crippen LogP contribution is 1.90. The molecule has 0 spiro atoms. The summed E-state index contributed by atoms with van der Waals surface area (Å²) in [5.74, 6) is 0.792. The average Bonchev–Trinajstić information content (AvgIpc) is 1.90. The van der Waals surface area contributed by atoms with Crippen LogP contribution in [0.5, 0.6) is 0 Å². The maximum absolute atomic E-state index is 3.88. The van der Waals surface area contributed by atoms with E-state index in [1.165, 1.54) is 0 Å². The Morgan fingerprint density at radius 2 is 2.75 bits per heavy atom. The van der Waals surface area contributed by atoms with E-state index in [1.54, 1.807) is 12.3 Å². The summed E-state index contributed by atoms with van der Waals surface area (Å²) in [6.07, 6.45) is 3.48. The molecule has 0 aliphatic carbocycles. The minimum Gasteiger partial charge on any atom is -0.351 e. The van der Waals surface area contributed by atoms with E-state index in [0.717, 1.165) is 5.82 Å². The van der Waals surface area contributed by atoms with E-state index in [4.69, 9.17) is 0 Å². The van der Waals surface area contributed by atoms with Gasteiger partial charge in [-0.3, -0.25) is 4.99 Å². The third-order valence-corrected chi connectivity index (χ3v) is 0.860. The van der Waals surface area contributed by atoms with Crippen molar-refractivity contribution in [2.45, 2.75) is 0 Å². The molecule has 0 amide bonds. The molecule has 0 aromatic carbocycles. The normalized spacial score (nSPS) is 16.8. The highest BCUT2D eigenvalue weighted by Gasteiger charge is 1.90. The number of aliphatic imine (C=N–C) groups is 2. The third kappa shape index (κ3) is 0.932. The van der Waals surface area contributed by atoms with E-state index in [0.29, 0.717) is 6.67 Å². The van der Waals surface area contributed by atoms with Crippen LogP contribution in [-0.4, -0.2) is 19.6 Å². The zero-order valence-corrected chi connectivity index (χ0v) is 4.46. The quantitative estimate of drug-likeness (QED) is 0.478. The smallest absolute Gasteiger partial charge is 0.128 e. The molecule has 1 aliphatic heterocycles. The summed E-state index contributed by atoms with van der Waals surface area (Å²) in [5.41, 5.74) is 0. The number of nitrogens with one attached hydrogen (secondary N) is 1. The summed E-state index contributed by atoms with van der Waals surface area (Å²) in [6.45, 7) is 3.96.